The van der Waals surface area contributed by atoms with Crippen molar-refractivity contribution in [1.29, 1.82) is 0 Å². The van der Waals surface area contributed by atoms with E-state index in [0.717, 1.165) is 5.56 Å². The van der Waals surface area contributed by atoms with Gasteiger partial charge in [0.15, 0.2) is 11.6 Å². The molecule has 0 spiro atoms. The normalized spacial score (nSPS) is 13.2. The van der Waals surface area contributed by atoms with E-state index in [0.29, 0.717) is 23.9 Å². The fraction of sp³-hybridized carbons (Fsp3) is 0.222. The van der Waals surface area contributed by atoms with Gasteiger partial charge in [-0.25, -0.2) is 5.10 Å². The summed E-state index contributed by atoms with van der Waals surface area (Å²) in [5, 5.41) is 13.2. The molecule has 1 aromatic heterocycles. The van der Waals surface area contributed by atoms with Crippen LogP contribution in [0.2, 0.25) is 0 Å². The van der Waals surface area contributed by atoms with Crippen LogP contribution < -0.4 is 9.62 Å². The highest BCUT2D eigenvalue weighted by Gasteiger charge is 2.18. The van der Waals surface area contributed by atoms with Crippen LogP contribution in [0.3, 0.4) is 0 Å². The van der Waals surface area contributed by atoms with E-state index < -0.39 is 0 Å². The molecule has 0 aliphatic carbocycles. The van der Waals surface area contributed by atoms with Gasteiger partial charge in [0, 0.05) is 0 Å². The predicted molar refractivity (Wildman–Crippen MR) is 49.2 cm³/mol. The summed E-state index contributed by atoms with van der Waals surface area (Å²) in [4.78, 5) is 9.76. The number of hydrogen-bond donors (Lipinski definition) is 1. The molecule has 0 saturated heterocycles. The maximum atomic E-state index is 5.53. The van der Waals surface area contributed by atoms with E-state index in [1.54, 1.807) is 12.1 Å². The monoisotopic (exact) mass is 219 g/mol. The minimum absolute atomic E-state index is 0.261. The number of benzene rings is 1. The van der Waals surface area contributed by atoms with Crippen molar-refractivity contribution in [3.8, 4) is 11.5 Å². The Hall–Kier alpha value is -2.15. The number of hydrogen-bond acceptors (Lipinski definition) is 6. The Morgan fingerprint density at radius 2 is 2.50 bits per heavy atom. The molecule has 81 valence electrons. The van der Waals surface area contributed by atoms with Gasteiger partial charge in [-0.05, 0) is 28.6 Å². The van der Waals surface area contributed by atoms with Crippen molar-refractivity contribution in [3.63, 3.8) is 0 Å². The van der Waals surface area contributed by atoms with Crippen molar-refractivity contribution in [1.82, 2.24) is 20.6 Å². The van der Waals surface area contributed by atoms with E-state index in [1.165, 1.54) is 0 Å². The van der Waals surface area contributed by atoms with Gasteiger partial charge in [-0.15, -0.1) is 5.10 Å². The average molecular weight is 219 g/mol. The SMILES string of the molecule is [c]1cc(OCc2nnn[nH]2)c2c(c1)OOC2. The summed E-state index contributed by atoms with van der Waals surface area (Å²) in [6, 6.07) is 6.32. The lowest BCUT2D eigenvalue weighted by atomic mass is 10.2. The Morgan fingerprint density at radius 1 is 1.50 bits per heavy atom. The molecule has 0 bridgehead atoms. The second-order valence-corrected chi connectivity index (χ2v) is 3.14. The summed E-state index contributed by atoms with van der Waals surface area (Å²) in [6.45, 7) is 0.630. The predicted octanol–water partition coefficient (Wildman–Crippen LogP) is 0.403. The lowest BCUT2D eigenvalue weighted by Crippen LogP contribution is -1.99. The van der Waals surface area contributed by atoms with Gasteiger partial charge in [0.05, 0.1) is 5.56 Å². The summed E-state index contributed by atoms with van der Waals surface area (Å²) in [7, 11) is 0. The van der Waals surface area contributed by atoms with E-state index >= 15 is 0 Å². The summed E-state index contributed by atoms with van der Waals surface area (Å²) in [6.07, 6.45) is 0. The molecule has 7 nitrogen and oxygen atoms in total. The average Bonchev–Trinajstić information content (AvgIpc) is 2.97. The molecule has 3 rings (SSSR count). The van der Waals surface area contributed by atoms with Crippen LogP contribution in [0.15, 0.2) is 12.1 Å². The molecular formula is C9H7N4O3. The maximum Gasteiger partial charge on any atom is 0.186 e. The molecule has 0 atom stereocenters. The third kappa shape index (κ3) is 1.57. The Bertz CT molecular complexity index is 486. The number of aromatic amines is 1. The number of fused-ring (bicyclic) bond motifs is 1. The van der Waals surface area contributed by atoms with Crippen LogP contribution in [0.5, 0.6) is 11.5 Å². The molecular weight excluding hydrogens is 212 g/mol. The van der Waals surface area contributed by atoms with Gasteiger partial charge < -0.3 is 9.62 Å². The molecule has 1 aliphatic heterocycles. The molecule has 0 saturated carbocycles. The van der Waals surface area contributed by atoms with Crippen molar-refractivity contribution < 1.29 is 14.5 Å². The third-order valence-electron chi connectivity index (χ3n) is 2.13. The molecule has 0 amide bonds. The van der Waals surface area contributed by atoms with E-state index in [-0.39, 0.29) is 6.61 Å². The van der Waals surface area contributed by atoms with Crippen molar-refractivity contribution in [2.45, 2.75) is 13.2 Å². The Kier molecular flexibility index (Phi) is 2.15. The zero-order chi connectivity index (χ0) is 10.8. The molecule has 16 heavy (non-hydrogen) atoms. The topological polar surface area (TPSA) is 82.2 Å². The highest BCUT2D eigenvalue weighted by molar-refractivity contribution is 5.44. The molecule has 2 aromatic rings. The summed E-state index contributed by atoms with van der Waals surface area (Å²) >= 11 is 0. The maximum absolute atomic E-state index is 5.53. The van der Waals surface area contributed by atoms with Gasteiger partial charge in [0.25, 0.3) is 0 Å². The van der Waals surface area contributed by atoms with Crippen LogP contribution >= 0.6 is 0 Å². The van der Waals surface area contributed by atoms with Crippen LogP contribution in [0, 0.1) is 6.07 Å². The van der Waals surface area contributed by atoms with Crippen molar-refractivity contribution in [2.75, 3.05) is 0 Å². The van der Waals surface area contributed by atoms with E-state index in [9.17, 15) is 0 Å². The first-order valence-electron chi connectivity index (χ1n) is 4.61. The van der Waals surface area contributed by atoms with E-state index in [4.69, 9.17) is 14.5 Å². The largest absolute Gasteiger partial charge is 0.485 e. The fourth-order valence-corrected chi connectivity index (χ4v) is 1.37. The number of rotatable bonds is 3. The third-order valence-corrected chi connectivity index (χ3v) is 2.13. The highest BCUT2D eigenvalue weighted by Crippen LogP contribution is 2.33. The molecule has 1 radical (unpaired) electrons. The summed E-state index contributed by atoms with van der Waals surface area (Å²) in [5.74, 6) is 1.84. The van der Waals surface area contributed by atoms with Crippen LogP contribution in [0.25, 0.3) is 0 Å². The number of aromatic nitrogens is 4. The molecule has 1 aromatic carbocycles. The summed E-state index contributed by atoms with van der Waals surface area (Å²) < 4.78 is 5.53. The molecule has 7 heteroatoms. The van der Waals surface area contributed by atoms with Gasteiger partial charge in [-0.2, -0.15) is 4.89 Å². The van der Waals surface area contributed by atoms with Crippen molar-refractivity contribution in [2.24, 2.45) is 0 Å². The second kappa shape index (κ2) is 3.78. The Labute approximate surface area is 90.3 Å². The number of ether oxygens (including phenoxy) is 1. The smallest absolute Gasteiger partial charge is 0.186 e. The van der Waals surface area contributed by atoms with Crippen LogP contribution in [-0.4, -0.2) is 20.6 Å². The van der Waals surface area contributed by atoms with Gasteiger partial charge >= 0.3 is 0 Å². The standard InChI is InChI=1S/C9H7N4O3/c1-2-7(6-4-15-16-8(6)3-1)14-5-9-10-12-13-11-9/h2-3H,4-5H2,(H,10,11,12,13). The van der Waals surface area contributed by atoms with E-state index in [1.807, 2.05) is 0 Å². The van der Waals surface area contributed by atoms with Crippen LogP contribution in [0.4, 0.5) is 0 Å². The van der Waals surface area contributed by atoms with Gasteiger partial charge in [-0.1, -0.05) is 0 Å². The first kappa shape index (κ1) is 9.10. The van der Waals surface area contributed by atoms with Gasteiger partial charge in [0.2, 0.25) is 0 Å². The minimum Gasteiger partial charge on any atom is -0.485 e. The first-order chi connectivity index (χ1) is 7.93. The molecule has 2 heterocycles. The first-order valence-corrected chi connectivity index (χ1v) is 4.61. The van der Waals surface area contributed by atoms with Crippen molar-refractivity contribution in [3.05, 3.63) is 29.6 Å². The zero-order valence-corrected chi connectivity index (χ0v) is 8.14. The van der Waals surface area contributed by atoms with Crippen LogP contribution in [0.1, 0.15) is 11.4 Å². The lowest BCUT2D eigenvalue weighted by molar-refractivity contribution is -0.194. The van der Waals surface area contributed by atoms with Crippen molar-refractivity contribution >= 4 is 0 Å². The summed E-state index contributed by atoms with van der Waals surface area (Å²) in [5.41, 5.74) is 0.867. The number of tetrazole rings is 1. The van der Waals surface area contributed by atoms with Gasteiger partial charge in [0.1, 0.15) is 19.0 Å². The fourth-order valence-electron chi connectivity index (χ4n) is 1.37. The van der Waals surface area contributed by atoms with Crippen LogP contribution in [-0.2, 0) is 18.1 Å². The highest BCUT2D eigenvalue weighted by atomic mass is 17.2. The molecule has 0 unspecified atom stereocenters. The zero-order valence-electron chi connectivity index (χ0n) is 8.14. The molecule has 1 N–H and O–H groups in total. The van der Waals surface area contributed by atoms with E-state index in [2.05, 4.69) is 26.7 Å². The Balaban J connectivity index is 1.78. The number of H-pyrrole nitrogens is 1. The quantitative estimate of drug-likeness (QED) is 0.752. The number of nitrogens with one attached hydrogen (secondary N) is 1. The minimum atomic E-state index is 0.261. The molecule has 0 fully saturated rings. The second-order valence-electron chi connectivity index (χ2n) is 3.14. The lowest BCUT2D eigenvalue weighted by Gasteiger charge is -2.05. The number of nitrogens with zero attached hydrogens (tertiary/aromatic N) is 3. The molecule has 1 aliphatic rings. The van der Waals surface area contributed by atoms with Gasteiger partial charge in [-0.3, -0.25) is 0 Å². The Morgan fingerprint density at radius 3 is 3.38 bits per heavy atom.